The zero-order valence-electron chi connectivity index (χ0n) is 10.9. The molecule has 0 bridgehead atoms. The van der Waals surface area contributed by atoms with Crippen molar-refractivity contribution in [1.29, 1.82) is 0 Å². The van der Waals surface area contributed by atoms with Gasteiger partial charge < -0.3 is 10.5 Å². The van der Waals surface area contributed by atoms with Gasteiger partial charge in [0.05, 0.1) is 6.10 Å². The minimum atomic E-state index is 0.0822. The van der Waals surface area contributed by atoms with Crippen molar-refractivity contribution in [2.75, 3.05) is 0 Å². The zero-order valence-corrected chi connectivity index (χ0v) is 11.6. The topological polar surface area (TPSA) is 35.2 Å². The maximum Gasteiger partial charge on any atom is 0.124 e. The van der Waals surface area contributed by atoms with Crippen molar-refractivity contribution in [3.8, 4) is 5.75 Å². The molecule has 0 radical (unpaired) electrons. The summed E-state index contributed by atoms with van der Waals surface area (Å²) in [5.41, 5.74) is 6.86. The van der Waals surface area contributed by atoms with E-state index >= 15 is 0 Å². The highest BCUT2D eigenvalue weighted by Gasteiger charge is 2.12. The van der Waals surface area contributed by atoms with Crippen molar-refractivity contribution in [2.45, 2.75) is 52.2 Å². The van der Waals surface area contributed by atoms with Crippen LogP contribution < -0.4 is 10.5 Å². The minimum absolute atomic E-state index is 0.0822. The number of rotatable bonds is 6. The monoisotopic (exact) mass is 255 g/mol. The number of hydrogen-bond acceptors (Lipinski definition) is 2. The summed E-state index contributed by atoms with van der Waals surface area (Å²) in [5.74, 6) is 0.871. The van der Waals surface area contributed by atoms with Gasteiger partial charge in [-0.25, -0.2) is 0 Å². The number of ether oxygens (including phenoxy) is 1. The highest BCUT2D eigenvalue weighted by molar-refractivity contribution is 6.31. The van der Waals surface area contributed by atoms with Gasteiger partial charge in [0, 0.05) is 16.6 Å². The smallest absolute Gasteiger partial charge is 0.124 e. The molecule has 96 valence electrons. The fourth-order valence-corrected chi connectivity index (χ4v) is 2.09. The SMILES string of the molecule is CCCC(C)Oc1cccc(Cl)c1CC(C)N. The first kappa shape index (κ1) is 14.3. The Morgan fingerprint density at radius 2 is 2.06 bits per heavy atom. The van der Waals surface area contributed by atoms with Gasteiger partial charge in [0.2, 0.25) is 0 Å². The molecule has 3 heteroatoms. The first-order valence-corrected chi connectivity index (χ1v) is 6.62. The van der Waals surface area contributed by atoms with Gasteiger partial charge in [-0.05, 0) is 38.8 Å². The molecule has 0 aliphatic heterocycles. The van der Waals surface area contributed by atoms with Crippen molar-refractivity contribution in [3.63, 3.8) is 0 Å². The largest absolute Gasteiger partial charge is 0.490 e. The van der Waals surface area contributed by atoms with Crippen LogP contribution in [0.4, 0.5) is 0 Å². The maximum absolute atomic E-state index is 6.20. The van der Waals surface area contributed by atoms with Crippen LogP contribution in [-0.4, -0.2) is 12.1 Å². The number of nitrogens with two attached hydrogens (primary N) is 1. The molecule has 0 saturated carbocycles. The van der Waals surface area contributed by atoms with E-state index in [2.05, 4.69) is 13.8 Å². The van der Waals surface area contributed by atoms with E-state index in [1.165, 1.54) is 0 Å². The van der Waals surface area contributed by atoms with Gasteiger partial charge in [0.25, 0.3) is 0 Å². The van der Waals surface area contributed by atoms with Crippen molar-refractivity contribution >= 4 is 11.6 Å². The normalized spacial score (nSPS) is 14.4. The number of benzene rings is 1. The number of halogens is 1. The molecule has 17 heavy (non-hydrogen) atoms. The molecular weight excluding hydrogens is 234 g/mol. The van der Waals surface area contributed by atoms with Crippen LogP contribution in [0, 0.1) is 0 Å². The second-order valence-electron chi connectivity index (χ2n) is 4.62. The van der Waals surface area contributed by atoms with Gasteiger partial charge >= 0.3 is 0 Å². The summed E-state index contributed by atoms with van der Waals surface area (Å²) in [4.78, 5) is 0. The molecule has 0 aliphatic rings. The van der Waals surface area contributed by atoms with E-state index in [9.17, 15) is 0 Å². The average molecular weight is 256 g/mol. The Hall–Kier alpha value is -0.730. The molecule has 0 saturated heterocycles. The standard InChI is InChI=1S/C14H22ClNO/c1-4-6-11(3)17-14-8-5-7-13(15)12(14)9-10(2)16/h5,7-8,10-11H,4,6,9,16H2,1-3H3. The highest BCUT2D eigenvalue weighted by Crippen LogP contribution is 2.28. The van der Waals surface area contributed by atoms with E-state index in [0.717, 1.165) is 35.6 Å². The summed E-state index contributed by atoms with van der Waals surface area (Å²) in [6, 6.07) is 5.85. The first-order chi connectivity index (χ1) is 8.04. The average Bonchev–Trinajstić information content (AvgIpc) is 2.23. The molecule has 0 spiro atoms. The van der Waals surface area contributed by atoms with Crippen LogP contribution in [0.3, 0.4) is 0 Å². The fraction of sp³-hybridized carbons (Fsp3) is 0.571. The second kappa shape index (κ2) is 6.87. The Morgan fingerprint density at radius 3 is 2.65 bits per heavy atom. The Morgan fingerprint density at radius 1 is 1.35 bits per heavy atom. The van der Waals surface area contributed by atoms with Crippen LogP contribution in [0.25, 0.3) is 0 Å². The Labute approximate surface area is 109 Å². The van der Waals surface area contributed by atoms with Gasteiger partial charge in [-0.1, -0.05) is 31.0 Å². The molecule has 1 rings (SSSR count). The number of hydrogen-bond donors (Lipinski definition) is 1. The molecule has 2 nitrogen and oxygen atoms in total. The van der Waals surface area contributed by atoms with Gasteiger partial charge in [-0.3, -0.25) is 0 Å². The second-order valence-corrected chi connectivity index (χ2v) is 5.02. The van der Waals surface area contributed by atoms with E-state index in [-0.39, 0.29) is 12.1 Å². The molecular formula is C14H22ClNO. The van der Waals surface area contributed by atoms with Crippen LogP contribution in [-0.2, 0) is 6.42 Å². The van der Waals surface area contributed by atoms with Crippen molar-refractivity contribution in [3.05, 3.63) is 28.8 Å². The zero-order chi connectivity index (χ0) is 12.8. The molecule has 0 amide bonds. The Balaban J connectivity index is 2.86. The molecule has 1 aromatic carbocycles. The van der Waals surface area contributed by atoms with Crippen LogP contribution in [0.2, 0.25) is 5.02 Å². The predicted molar refractivity (Wildman–Crippen MR) is 73.8 cm³/mol. The minimum Gasteiger partial charge on any atom is -0.490 e. The lowest BCUT2D eigenvalue weighted by atomic mass is 10.1. The van der Waals surface area contributed by atoms with Gasteiger partial charge in [0.1, 0.15) is 5.75 Å². The van der Waals surface area contributed by atoms with Gasteiger partial charge in [0.15, 0.2) is 0 Å². The third kappa shape index (κ3) is 4.57. The summed E-state index contributed by atoms with van der Waals surface area (Å²) >= 11 is 6.20. The van der Waals surface area contributed by atoms with Crippen molar-refractivity contribution < 1.29 is 4.74 Å². The predicted octanol–water partition coefficient (Wildman–Crippen LogP) is 3.80. The van der Waals surface area contributed by atoms with E-state index in [0.29, 0.717) is 0 Å². The summed E-state index contributed by atoms with van der Waals surface area (Å²) in [6.45, 7) is 6.21. The third-order valence-electron chi connectivity index (χ3n) is 2.63. The lowest BCUT2D eigenvalue weighted by Crippen LogP contribution is -2.20. The summed E-state index contributed by atoms with van der Waals surface area (Å²) in [7, 11) is 0. The van der Waals surface area contributed by atoms with E-state index in [1.54, 1.807) is 0 Å². The van der Waals surface area contributed by atoms with Crippen LogP contribution >= 0.6 is 11.6 Å². The molecule has 2 N–H and O–H groups in total. The quantitative estimate of drug-likeness (QED) is 0.839. The molecule has 2 atom stereocenters. The van der Waals surface area contributed by atoms with E-state index < -0.39 is 0 Å². The Bertz CT molecular complexity index is 352. The van der Waals surface area contributed by atoms with Crippen LogP contribution in [0.15, 0.2) is 18.2 Å². The van der Waals surface area contributed by atoms with E-state index in [4.69, 9.17) is 22.1 Å². The first-order valence-electron chi connectivity index (χ1n) is 6.24. The highest BCUT2D eigenvalue weighted by atomic mass is 35.5. The molecule has 2 unspecified atom stereocenters. The molecule has 0 heterocycles. The summed E-state index contributed by atoms with van der Waals surface area (Å²) < 4.78 is 5.93. The van der Waals surface area contributed by atoms with E-state index in [1.807, 2.05) is 25.1 Å². The van der Waals surface area contributed by atoms with Gasteiger partial charge in [-0.2, -0.15) is 0 Å². The molecule has 1 aromatic rings. The van der Waals surface area contributed by atoms with Crippen LogP contribution in [0.5, 0.6) is 5.75 Å². The molecule has 0 fully saturated rings. The summed E-state index contributed by atoms with van der Waals surface area (Å²) in [6.07, 6.45) is 3.12. The lowest BCUT2D eigenvalue weighted by Gasteiger charge is -2.18. The Kier molecular flexibility index (Phi) is 5.79. The third-order valence-corrected chi connectivity index (χ3v) is 2.98. The van der Waals surface area contributed by atoms with Crippen molar-refractivity contribution in [2.24, 2.45) is 5.73 Å². The van der Waals surface area contributed by atoms with Gasteiger partial charge in [-0.15, -0.1) is 0 Å². The van der Waals surface area contributed by atoms with Crippen LogP contribution in [0.1, 0.15) is 39.2 Å². The summed E-state index contributed by atoms with van der Waals surface area (Å²) in [5, 5.41) is 0.739. The fourth-order valence-electron chi connectivity index (χ4n) is 1.85. The lowest BCUT2D eigenvalue weighted by molar-refractivity contribution is 0.207. The molecule has 0 aromatic heterocycles. The maximum atomic E-state index is 6.20. The van der Waals surface area contributed by atoms with Crippen molar-refractivity contribution in [1.82, 2.24) is 0 Å². The molecule has 0 aliphatic carbocycles.